The van der Waals surface area contributed by atoms with Crippen molar-refractivity contribution < 1.29 is 0 Å². The summed E-state index contributed by atoms with van der Waals surface area (Å²) in [6, 6.07) is 33.5. The van der Waals surface area contributed by atoms with Crippen LogP contribution in [0.3, 0.4) is 0 Å². The van der Waals surface area contributed by atoms with Crippen molar-refractivity contribution in [2.45, 2.75) is 67.5 Å². The molecule has 0 aromatic heterocycles. The number of rotatable bonds is 6. The number of piperidine rings is 3. The van der Waals surface area contributed by atoms with Gasteiger partial charge in [0.15, 0.2) is 0 Å². The Morgan fingerprint density at radius 1 is 0.750 bits per heavy atom. The molecule has 3 saturated heterocycles. The minimum absolute atomic E-state index is 0.369. The largest absolute Gasteiger partial charge is 0.369 e. The van der Waals surface area contributed by atoms with Crippen LogP contribution in [0.25, 0.3) is 0 Å². The lowest BCUT2D eigenvalue weighted by atomic mass is 9.62. The molecule has 3 aromatic carbocycles. The summed E-state index contributed by atoms with van der Waals surface area (Å²) in [4.78, 5) is 7.10. The van der Waals surface area contributed by atoms with Gasteiger partial charge < -0.3 is 4.90 Å². The van der Waals surface area contributed by atoms with Crippen molar-refractivity contribution in [2.24, 2.45) is 11.8 Å². The zero-order chi connectivity index (χ0) is 24.5. The van der Waals surface area contributed by atoms with Gasteiger partial charge in [-0.15, -0.1) is 11.8 Å². The van der Waals surface area contributed by atoms with E-state index in [1.54, 1.807) is 0 Å². The number of thioether (sulfide) groups is 1. The SMILES string of the molecule is CSc1ccccc1N(C)C1C2CCN(C3CCCCCC23)C1C(c1ccccc1)c1ccccc1. The van der Waals surface area contributed by atoms with Gasteiger partial charge in [-0.1, -0.05) is 92.1 Å². The van der Waals surface area contributed by atoms with Crippen molar-refractivity contribution in [3.8, 4) is 0 Å². The molecule has 4 aliphatic rings. The molecule has 0 radical (unpaired) electrons. The van der Waals surface area contributed by atoms with Gasteiger partial charge in [-0.2, -0.15) is 0 Å². The summed E-state index contributed by atoms with van der Waals surface area (Å²) < 4.78 is 0. The smallest absolute Gasteiger partial charge is 0.0504 e. The molecule has 3 heterocycles. The van der Waals surface area contributed by atoms with E-state index in [1.807, 2.05) is 11.8 Å². The Balaban J connectivity index is 1.51. The summed E-state index contributed by atoms with van der Waals surface area (Å²) in [7, 11) is 2.40. The topological polar surface area (TPSA) is 6.48 Å². The highest BCUT2D eigenvalue weighted by molar-refractivity contribution is 7.98. The van der Waals surface area contributed by atoms with Crippen LogP contribution in [0.1, 0.15) is 55.6 Å². The number of fused-ring (bicyclic) bond motifs is 2. The fraction of sp³-hybridized carbons (Fsp3) is 0.455. The Labute approximate surface area is 222 Å². The first-order chi connectivity index (χ1) is 17.8. The van der Waals surface area contributed by atoms with E-state index >= 15 is 0 Å². The number of hydrogen-bond donors (Lipinski definition) is 0. The van der Waals surface area contributed by atoms with Gasteiger partial charge in [0.1, 0.15) is 0 Å². The van der Waals surface area contributed by atoms with Crippen LogP contribution in [-0.2, 0) is 0 Å². The third-order valence-electron chi connectivity index (χ3n) is 9.47. The van der Waals surface area contributed by atoms with Gasteiger partial charge in [-0.05, 0) is 67.2 Å². The first kappa shape index (κ1) is 24.1. The fourth-order valence-electron chi connectivity index (χ4n) is 8.04. The Hall–Kier alpha value is -2.23. The second kappa shape index (κ2) is 10.6. The minimum atomic E-state index is 0.369. The second-order valence-corrected chi connectivity index (χ2v) is 12.0. The molecular formula is C33H40N2S. The van der Waals surface area contributed by atoms with Crippen LogP contribution in [0, 0.1) is 11.8 Å². The third-order valence-corrected chi connectivity index (χ3v) is 10.3. The maximum atomic E-state index is 3.00. The maximum Gasteiger partial charge on any atom is 0.0504 e. The van der Waals surface area contributed by atoms with Crippen LogP contribution in [0.15, 0.2) is 89.8 Å². The highest BCUT2D eigenvalue weighted by Gasteiger charge is 2.56. The van der Waals surface area contributed by atoms with Crippen molar-refractivity contribution in [3.63, 3.8) is 0 Å². The molecule has 0 amide bonds. The zero-order valence-corrected chi connectivity index (χ0v) is 22.6. The monoisotopic (exact) mass is 496 g/mol. The highest BCUT2D eigenvalue weighted by Crippen LogP contribution is 2.52. The van der Waals surface area contributed by atoms with Crippen LogP contribution < -0.4 is 4.90 Å². The molecule has 2 bridgehead atoms. The van der Waals surface area contributed by atoms with E-state index in [0.717, 1.165) is 17.9 Å². The summed E-state index contributed by atoms with van der Waals surface area (Å²) in [6.45, 7) is 1.25. The normalized spacial score (nSPS) is 29.5. The van der Waals surface area contributed by atoms with Crippen LogP contribution in [0.2, 0.25) is 0 Å². The van der Waals surface area contributed by atoms with Crippen LogP contribution in [0.4, 0.5) is 5.69 Å². The van der Waals surface area contributed by atoms with Crippen molar-refractivity contribution in [3.05, 3.63) is 96.1 Å². The molecule has 6 unspecified atom stereocenters. The Morgan fingerprint density at radius 3 is 2.08 bits per heavy atom. The van der Waals surface area contributed by atoms with Gasteiger partial charge in [0.25, 0.3) is 0 Å². The molecule has 0 N–H and O–H groups in total. The molecule has 36 heavy (non-hydrogen) atoms. The van der Waals surface area contributed by atoms with Crippen molar-refractivity contribution in [1.82, 2.24) is 4.90 Å². The lowest BCUT2D eigenvalue weighted by Gasteiger charge is -2.63. The van der Waals surface area contributed by atoms with Crippen LogP contribution >= 0.6 is 11.8 Å². The molecule has 188 valence electrons. The predicted molar refractivity (Wildman–Crippen MR) is 154 cm³/mol. The van der Waals surface area contributed by atoms with E-state index in [1.165, 1.54) is 66.8 Å². The van der Waals surface area contributed by atoms with Crippen molar-refractivity contribution >= 4 is 17.4 Å². The fourth-order valence-corrected chi connectivity index (χ4v) is 8.68. The van der Waals surface area contributed by atoms with Crippen LogP contribution in [0.5, 0.6) is 0 Å². The molecular weight excluding hydrogens is 456 g/mol. The molecule has 1 saturated carbocycles. The quantitative estimate of drug-likeness (QED) is 0.323. The number of benzene rings is 3. The van der Waals surface area contributed by atoms with E-state index in [0.29, 0.717) is 18.0 Å². The molecule has 3 heteroatoms. The number of para-hydroxylation sites is 1. The molecule has 0 spiro atoms. The van der Waals surface area contributed by atoms with Gasteiger partial charge in [0.2, 0.25) is 0 Å². The van der Waals surface area contributed by atoms with Gasteiger partial charge in [-0.3, -0.25) is 4.90 Å². The highest BCUT2D eigenvalue weighted by atomic mass is 32.2. The molecule has 1 aliphatic carbocycles. The predicted octanol–water partition coefficient (Wildman–Crippen LogP) is 7.70. The molecule has 3 aliphatic heterocycles. The molecule has 3 aromatic rings. The Morgan fingerprint density at radius 2 is 1.39 bits per heavy atom. The number of anilines is 1. The van der Waals surface area contributed by atoms with E-state index in [4.69, 9.17) is 0 Å². The summed E-state index contributed by atoms with van der Waals surface area (Å²) in [5, 5.41) is 0. The third kappa shape index (κ3) is 4.29. The zero-order valence-electron chi connectivity index (χ0n) is 21.8. The summed E-state index contributed by atoms with van der Waals surface area (Å²) in [6.07, 6.45) is 10.6. The molecule has 7 rings (SSSR count). The molecule has 6 atom stereocenters. The van der Waals surface area contributed by atoms with Crippen LogP contribution in [-0.4, -0.2) is 42.9 Å². The lowest BCUT2D eigenvalue weighted by Crippen LogP contribution is -2.71. The van der Waals surface area contributed by atoms with E-state index < -0.39 is 0 Å². The average Bonchev–Trinajstić information content (AvgIpc) is 3.22. The van der Waals surface area contributed by atoms with E-state index in [9.17, 15) is 0 Å². The average molecular weight is 497 g/mol. The van der Waals surface area contributed by atoms with E-state index in [2.05, 4.69) is 108 Å². The van der Waals surface area contributed by atoms with Gasteiger partial charge >= 0.3 is 0 Å². The number of hydrogen-bond acceptors (Lipinski definition) is 3. The van der Waals surface area contributed by atoms with E-state index in [-0.39, 0.29) is 0 Å². The number of nitrogens with zero attached hydrogens (tertiary/aromatic N) is 2. The first-order valence-corrected chi connectivity index (χ1v) is 15.2. The van der Waals surface area contributed by atoms with Crippen molar-refractivity contribution in [2.75, 3.05) is 24.7 Å². The lowest BCUT2D eigenvalue weighted by molar-refractivity contribution is -0.0761. The van der Waals surface area contributed by atoms with Gasteiger partial charge in [-0.25, -0.2) is 0 Å². The second-order valence-electron chi connectivity index (χ2n) is 11.1. The Kier molecular flexibility index (Phi) is 7.13. The van der Waals surface area contributed by atoms with Gasteiger partial charge in [0, 0.05) is 36.0 Å². The number of likely N-dealkylation sites (N-methyl/N-ethyl adjacent to an activating group) is 1. The standard InChI is InChI=1S/C33H40N2S/c1-34(29-20-12-13-21-30(29)36-2)32-27-22-23-35(28-19-11-5-10-18-26(27)28)33(32)31(24-14-6-3-7-15-24)25-16-8-4-9-17-25/h3-4,6-9,12-17,20-21,26-28,31-33H,5,10-11,18-19,22-23H2,1-2H3. The minimum Gasteiger partial charge on any atom is -0.369 e. The Bertz CT molecular complexity index is 1090. The molecule has 2 nitrogen and oxygen atoms in total. The summed E-state index contributed by atoms with van der Waals surface area (Å²) in [5.41, 5.74) is 4.32. The van der Waals surface area contributed by atoms with Crippen molar-refractivity contribution in [1.29, 1.82) is 0 Å². The summed E-state index contributed by atoms with van der Waals surface area (Å²) in [5.74, 6) is 1.95. The maximum absolute atomic E-state index is 3.00. The van der Waals surface area contributed by atoms with Gasteiger partial charge in [0.05, 0.1) is 5.69 Å². The summed E-state index contributed by atoms with van der Waals surface area (Å²) >= 11 is 1.88. The molecule has 4 fully saturated rings. The first-order valence-electron chi connectivity index (χ1n) is 14.0.